The Hall–Kier alpha value is -1.95. The van der Waals surface area contributed by atoms with Crippen LogP contribution in [0.4, 0.5) is 4.39 Å². The summed E-state index contributed by atoms with van der Waals surface area (Å²) in [6.07, 6.45) is 7.27. The van der Waals surface area contributed by atoms with Crippen LogP contribution in [0.3, 0.4) is 0 Å². The minimum Gasteiger partial charge on any atom is -0.328 e. The van der Waals surface area contributed by atoms with Crippen molar-refractivity contribution < 1.29 is 12.8 Å². The molecule has 0 radical (unpaired) electrons. The lowest BCUT2D eigenvalue weighted by molar-refractivity contribution is 0.351. The molecule has 11 heteroatoms. The summed E-state index contributed by atoms with van der Waals surface area (Å²) in [7, 11) is -4.13. The predicted molar refractivity (Wildman–Crippen MR) is 107 cm³/mol. The lowest BCUT2D eigenvalue weighted by Gasteiger charge is -2.28. The van der Waals surface area contributed by atoms with E-state index in [0.29, 0.717) is 12.1 Å². The number of hydrogen-bond donors (Lipinski definition) is 4. The van der Waals surface area contributed by atoms with Crippen LogP contribution in [0.25, 0.3) is 11.4 Å². The molecule has 0 amide bonds. The number of tetrazole rings is 1. The Balaban J connectivity index is 0.000000343. The molecule has 2 saturated carbocycles. The van der Waals surface area contributed by atoms with Crippen molar-refractivity contribution in [2.24, 2.45) is 16.6 Å². The lowest BCUT2D eigenvalue weighted by Crippen LogP contribution is -2.45. The second-order valence-corrected chi connectivity index (χ2v) is 9.26. The Morgan fingerprint density at radius 1 is 1.10 bits per heavy atom. The van der Waals surface area contributed by atoms with Gasteiger partial charge in [0.1, 0.15) is 6.67 Å². The third kappa shape index (κ3) is 5.16. The highest BCUT2D eigenvalue weighted by Gasteiger charge is 2.29. The van der Waals surface area contributed by atoms with Gasteiger partial charge in [0.2, 0.25) is 15.8 Å². The maximum atomic E-state index is 13.3. The van der Waals surface area contributed by atoms with E-state index in [4.69, 9.17) is 16.6 Å². The van der Waals surface area contributed by atoms with Crippen molar-refractivity contribution >= 4 is 10.0 Å². The number of hydrogen-bond acceptors (Lipinski definition) is 7. The van der Waals surface area contributed by atoms with Gasteiger partial charge in [-0.25, -0.2) is 17.9 Å². The largest absolute Gasteiger partial charge is 0.328 e. The summed E-state index contributed by atoms with van der Waals surface area (Å²) in [5.74, 6) is 0.316. The first-order valence-electron chi connectivity index (χ1n) is 9.80. The minimum atomic E-state index is -4.13. The molecule has 160 valence electrons. The molecule has 0 aliphatic heterocycles. The van der Waals surface area contributed by atoms with Gasteiger partial charge in [-0.1, -0.05) is 31.4 Å². The van der Waals surface area contributed by atoms with Crippen LogP contribution < -0.4 is 16.6 Å². The van der Waals surface area contributed by atoms with Crippen molar-refractivity contribution in [3.8, 4) is 11.4 Å². The first-order chi connectivity index (χ1) is 13.8. The third-order valence-electron chi connectivity index (χ3n) is 5.52. The van der Waals surface area contributed by atoms with Gasteiger partial charge in [-0.2, -0.15) is 5.21 Å². The van der Waals surface area contributed by atoms with E-state index in [2.05, 4.69) is 20.6 Å². The molecule has 4 rings (SSSR count). The van der Waals surface area contributed by atoms with Crippen LogP contribution in [0.15, 0.2) is 17.0 Å². The van der Waals surface area contributed by atoms with Gasteiger partial charge in [0, 0.05) is 23.2 Å². The zero-order chi connectivity index (χ0) is 21.0. The molecule has 1 aromatic carbocycles. The molecule has 2 fully saturated rings. The molecule has 0 bridgehead atoms. The molecule has 2 aromatic rings. The quantitative estimate of drug-likeness (QED) is 0.575. The number of rotatable bonds is 4. The lowest BCUT2D eigenvalue weighted by atomic mass is 9.81. The van der Waals surface area contributed by atoms with E-state index in [1.807, 2.05) is 0 Å². The number of halogens is 1. The third-order valence-corrected chi connectivity index (χ3v) is 6.56. The highest BCUT2D eigenvalue weighted by atomic mass is 32.2. The number of aromatic nitrogens is 4. The molecule has 2 aliphatic rings. The van der Waals surface area contributed by atoms with Gasteiger partial charge < -0.3 is 11.5 Å². The fourth-order valence-corrected chi connectivity index (χ4v) is 5.01. The minimum absolute atomic E-state index is 0.0202. The van der Waals surface area contributed by atoms with Gasteiger partial charge in [-0.3, -0.25) is 0 Å². The van der Waals surface area contributed by atoms with Gasteiger partial charge in [0.15, 0.2) is 0 Å². The van der Waals surface area contributed by atoms with E-state index in [1.165, 1.54) is 12.5 Å². The Morgan fingerprint density at radius 2 is 1.76 bits per heavy atom. The highest BCUT2D eigenvalue weighted by molar-refractivity contribution is 7.89. The van der Waals surface area contributed by atoms with Crippen molar-refractivity contribution in [1.29, 1.82) is 0 Å². The Labute approximate surface area is 169 Å². The van der Waals surface area contributed by atoms with E-state index in [1.54, 1.807) is 6.07 Å². The summed E-state index contributed by atoms with van der Waals surface area (Å²) in [5, 5.41) is 19.0. The van der Waals surface area contributed by atoms with Crippen molar-refractivity contribution in [3.63, 3.8) is 0 Å². The fourth-order valence-electron chi connectivity index (χ4n) is 4.03. The van der Waals surface area contributed by atoms with E-state index in [0.717, 1.165) is 44.1 Å². The SMILES string of the molecule is NC1CC(N)C1.NS(=O)(=O)c1c(CF)ccc(C2CCCCC2)c1-c1nn[nH]n1. The second kappa shape index (κ2) is 9.24. The standard InChI is InChI=1S/C14H18FN5O2S.C4H10N2/c15-8-10-6-7-11(9-4-2-1-3-5-9)12(13(10)23(16,21)22)14-17-19-20-18-14;5-3-1-4(6)2-3/h6-7,9H,1-5,8H2,(H2,16,21,22)(H,17,18,19,20);3-4H,1-2,5-6H2. The number of H-pyrrole nitrogens is 1. The van der Waals surface area contributed by atoms with E-state index in [9.17, 15) is 12.8 Å². The van der Waals surface area contributed by atoms with Crippen LogP contribution in [-0.4, -0.2) is 41.1 Å². The first kappa shape index (κ1) is 21.8. The summed E-state index contributed by atoms with van der Waals surface area (Å²) < 4.78 is 37.5. The summed E-state index contributed by atoms with van der Waals surface area (Å²) >= 11 is 0. The van der Waals surface area contributed by atoms with Crippen molar-refractivity contribution in [3.05, 3.63) is 23.3 Å². The molecule has 0 atom stereocenters. The summed E-state index contributed by atoms with van der Waals surface area (Å²) in [5.41, 5.74) is 11.9. The van der Waals surface area contributed by atoms with Crippen molar-refractivity contribution in [2.75, 3.05) is 0 Å². The van der Waals surface area contributed by atoms with E-state index < -0.39 is 16.7 Å². The summed E-state index contributed by atoms with van der Waals surface area (Å²) in [6.45, 7) is -0.929. The van der Waals surface area contributed by atoms with Gasteiger partial charge >= 0.3 is 0 Å². The molecule has 1 aromatic heterocycles. The number of nitrogens with one attached hydrogen (secondary N) is 1. The molecule has 0 unspecified atom stereocenters. The summed E-state index contributed by atoms with van der Waals surface area (Å²) in [6, 6.07) is 4.10. The van der Waals surface area contributed by atoms with Gasteiger partial charge in [-0.15, -0.1) is 10.2 Å². The second-order valence-electron chi connectivity index (χ2n) is 7.76. The smallest absolute Gasteiger partial charge is 0.239 e. The fraction of sp³-hybridized carbons (Fsp3) is 0.611. The average molecular weight is 426 g/mol. The van der Waals surface area contributed by atoms with E-state index in [-0.39, 0.29) is 27.8 Å². The monoisotopic (exact) mass is 425 g/mol. The van der Waals surface area contributed by atoms with Gasteiger partial charge in [0.25, 0.3) is 0 Å². The van der Waals surface area contributed by atoms with Crippen LogP contribution in [0, 0.1) is 0 Å². The molecule has 0 saturated heterocycles. The zero-order valence-electron chi connectivity index (χ0n) is 16.2. The van der Waals surface area contributed by atoms with Crippen LogP contribution in [0.2, 0.25) is 0 Å². The Kier molecular flexibility index (Phi) is 6.93. The maximum absolute atomic E-state index is 13.3. The predicted octanol–water partition coefficient (Wildman–Crippen LogP) is 1.47. The number of nitrogens with zero attached hydrogens (tertiary/aromatic N) is 3. The first-order valence-corrected chi connectivity index (χ1v) is 11.4. The topological polar surface area (TPSA) is 167 Å². The molecule has 2 aliphatic carbocycles. The number of primary sulfonamides is 1. The molecule has 9 nitrogen and oxygen atoms in total. The normalized spacial score (nSPS) is 22.5. The van der Waals surface area contributed by atoms with E-state index >= 15 is 0 Å². The number of alkyl halides is 1. The average Bonchev–Trinajstić information content (AvgIpc) is 3.21. The number of sulfonamides is 1. The number of benzene rings is 1. The number of nitrogens with two attached hydrogens (primary N) is 3. The maximum Gasteiger partial charge on any atom is 0.239 e. The van der Waals surface area contributed by atoms with Crippen LogP contribution in [0.5, 0.6) is 0 Å². The summed E-state index contributed by atoms with van der Waals surface area (Å²) in [4.78, 5) is -0.232. The zero-order valence-corrected chi connectivity index (χ0v) is 17.0. The molecule has 29 heavy (non-hydrogen) atoms. The van der Waals surface area contributed by atoms with Crippen molar-refractivity contribution in [1.82, 2.24) is 20.6 Å². The van der Waals surface area contributed by atoms with Crippen molar-refractivity contribution in [2.45, 2.75) is 74.5 Å². The van der Waals surface area contributed by atoms with Crippen LogP contribution >= 0.6 is 0 Å². The van der Waals surface area contributed by atoms with Gasteiger partial charge in [0.05, 0.1) is 4.90 Å². The van der Waals surface area contributed by atoms with Crippen LogP contribution in [0.1, 0.15) is 62.0 Å². The molecule has 0 spiro atoms. The molecule has 1 heterocycles. The van der Waals surface area contributed by atoms with Crippen LogP contribution in [-0.2, 0) is 16.7 Å². The molecular weight excluding hydrogens is 397 g/mol. The Morgan fingerprint density at radius 3 is 2.21 bits per heavy atom. The molecule has 7 N–H and O–H groups in total. The van der Waals surface area contributed by atoms with Gasteiger partial charge in [-0.05, 0) is 42.4 Å². The molecular formula is C18H28FN7O2S. The highest BCUT2D eigenvalue weighted by Crippen LogP contribution is 2.40. The Bertz CT molecular complexity index is 903. The number of aromatic amines is 1.